The summed E-state index contributed by atoms with van der Waals surface area (Å²) in [6.07, 6.45) is -3.94. The Morgan fingerprint density at radius 3 is 1.83 bits per heavy atom. The van der Waals surface area contributed by atoms with Crippen LogP contribution >= 0.6 is 11.6 Å². The summed E-state index contributed by atoms with van der Waals surface area (Å²) in [6, 6.07) is 23.1. The summed E-state index contributed by atoms with van der Waals surface area (Å²) in [5.41, 5.74) is -0.454. The second kappa shape index (κ2) is 10.6. The van der Waals surface area contributed by atoms with Crippen molar-refractivity contribution >= 4 is 23.5 Å². The van der Waals surface area contributed by atoms with Gasteiger partial charge in [0.15, 0.2) is 5.92 Å². The number of pyridine rings is 1. The summed E-state index contributed by atoms with van der Waals surface area (Å²) in [7, 11) is 0. The molecule has 36 heavy (non-hydrogen) atoms. The molecule has 1 heterocycles. The molecule has 0 unspecified atom stereocenters. The Labute approximate surface area is 209 Å². The van der Waals surface area contributed by atoms with Crippen LogP contribution in [-0.2, 0) is 15.8 Å². The van der Waals surface area contributed by atoms with E-state index in [0.717, 1.165) is 6.07 Å². The monoisotopic (exact) mass is 511 g/mol. The number of benzene rings is 3. The molecule has 0 saturated carbocycles. The van der Waals surface area contributed by atoms with Crippen LogP contribution in [0.2, 0.25) is 5.02 Å². The lowest BCUT2D eigenvalue weighted by atomic mass is 9.96. The fraction of sp³-hybridized carbons (Fsp3) is 0.0741. The fourth-order valence-electron chi connectivity index (χ4n) is 3.37. The summed E-state index contributed by atoms with van der Waals surface area (Å²) in [4.78, 5) is 30.1. The molecule has 0 aliphatic heterocycles. The van der Waals surface area contributed by atoms with Crippen LogP contribution in [0.5, 0.6) is 11.5 Å². The van der Waals surface area contributed by atoms with Gasteiger partial charge in [-0.2, -0.15) is 13.2 Å². The van der Waals surface area contributed by atoms with Crippen molar-refractivity contribution in [2.24, 2.45) is 0 Å². The Morgan fingerprint density at radius 2 is 1.33 bits per heavy atom. The Balaban J connectivity index is 1.70. The Morgan fingerprint density at radius 1 is 0.778 bits per heavy atom. The molecule has 0 saturated heterocycles. The number of nitrogens with zero attached hydrogens (tertiary/aromatic N) is 1. The first-order valence-electron chi connectivity index (χ1n) is 10.6. The van der Waals surface area contributed by atoms with Crippen molar-refractivity contribution in [2.45, 2.75) is 12.1 Å². The number of para-hydroxylation sites is 2. The number of hydrogen-bond acceptors (Lipinski definition) is 5. The van der Waals surface area contributed by atoms with Crippen molar-refractivity contribution < 1.29 is 32.2 Å². The maximum absolute atomic E-state index is 13.1. The van der Waals surface area contributed by atoms with Crippen LogP contribution in [0.15, 0.2) is 97.2 Å². The highest BCUT2D eigenvalue weighted by Crippen LogP contribution is 2.35. The van der Waals surface area contributed by atoms with Crippen LogP contribution in [-0.4, -0.2) is 16.9 Å². The van der Waals surface area contributed by atoms with Gasteiger partial charge in [0, 0.05) is 11.8 Å². The summed E-state index contributed by atoms with van der Waals surface area (Å²) in [5.74, 6) is -2.85. The molecule has 0 N–H and O–H groups in total. The molecule has 9 heteroatoms. The molecule has 0 atom stereocenters. The molecule has 4 rings (SSSR count). The molecular formula is C27H17ClF3NO4. The minimum Gasteiger partial charge on any atom is -0.426 e. The van der Waals surface area contributed by atoms with Gasteiger partial charge in [0.25, 0.3) is 0 Å². The maximum atomic E-state index is 13.1. The molecule has 0 bridgehead atoms. The molecule has 3 aromatic carbocycles. The van der Waals surface area contributed by atoms with Crippen LogP contribution in [0.3, 0.4) is 0 Å². The van der Waals surface area contributed by atoms with Crippen LogP contribution in [0, 0.1) is 0 Å². The van der Waals surface area contributed by atoms with Gasteiger partial charge in [0.1, 0.15) is 11.5 Å². The van der Waals surface area contributed by atoms with E-state index in [2.05, 4.69) is 4.98 Å². The number of rotatable bonds is 6. The number of carbonyl (C=O) groups excluding carboxylic acids is 2. The average molecular weight is 512 g/mol. The van der Waals surface area contributed by atoms with E-state index in [1.807, 2.05) is 0 Å². The smallest absolute Gasteiger partial charge is 0.417 e. The summed E-state index contributed by atoms with van der Waals surface area (Å²) in [5, 5.41) is -0.239. The van der Waals surface area contributed by atoms with E-state index in [1.165, 1.54) is 18.2 Å². The van der Waals surface area contributed by atoms with E-state index in [0.29, 0.717) is 11.8 Å². The number of esters is 2. The van der Waals surface area contributed by atoms with Crippen LogP contribution in [0.1, 0.15) is 17.0 Å². The van der Waals surface area contributed by atoms with Crippen LogP contribution < -0.4 is 9.47 Å². The number of alkyl halides is 3. The number of ether oxygens (including phenoxy) is 2. The third kappa shape index (κ3) is 5.90. The second-order valence-corrected chi connectivity index (χ2v) is 7.99. The standard InChI is InChI=1S/C27H17ClF3NO4/c28-22-15-19(27(29,30)31)16-32-24(22)18-9-7-8-17(14-18)23(25(33)35-20-10-3-1-4-11-20)26(34)36-21-12-5-2-6-13-21/h1-16,23H. The van der Waals surface area contributed by atoms with Gasteiger partial charge in [-0.15, -0.1) is 0 Å². The topological polar surface area (TPSA) is 65.5 Å². The molecule has 0 aliphatic rings. The summed E-state index contributed by atoms with van der Waals surface area (Å²) >= 11 is 6.10. The number of carbonyl (C=O) groups is 2. The van der Waals surface area contributed by atoms with Gasteiger partial charge < -0.3 is 9.47 Å². The Bertz CT molecular complexity index is 1330. The Hall–Kier alpha value is -4.17. The van der Waals surface area contributed by atoms with Gasteiger partial charge in [-0.05, 0) is 42.0 Å². The SMILES string of the molecule is O=C(Oc1ccccc1)C(C(=O)Oc1ccccc1)c1cccc(-c2ncc(C(F)(F)F)cc2Cl)c1. The second-order valence-electron chi connectivity index (χ2n) is 7.58. The maximum Gasteiger partial charge on any atom is 0.417 e. The zero-order chi connectivity index (χ0) is 25.7. The lowest BCUT2D eigenvalue weighted by molar-refractivity contribution is -0.147. The van der Waals surface area contributed by atoms with Gasteiger partial charge in [-0.25, -0.2) is 0 Å². The van der Waals surface area contributed by atoms with Crippen molar-refractivity contribution in [3.63, 3.8) is 0 Å². The van der Waals surface area contributed by atoms with E-state index in [9.17, 15) is 22.8 Å². The third-order valence-electron chi connectivity index (χ3n) is 5.06. The van der Waals surface area contributed by atoms with E-state index >= 15 is 0 Å². The van der Waals surface area contributed by atoms with E-state index in [1.54, 1.807) is 66.7 Å². The summed E-state index contributed by atoms with van der Waals surface area (Å²) < 4.78 is 49.8. The quantitative estimate of drug-likeness (QED) is 0.163. The van der Waals surface area contributed by atoms with Crippen molar-refractivity contribution in [3.05, 3.63) is 113 Å². The first kappa shape index (κ1) is 24.9. The zero-order valence-corrected chi connectivity index (χ0v) is 19.2. The van der Waals surface area contributed by atoms with E-state index < -0.39 is 29.6 Å². The number of hydrogen-bond donors (Lipinski definition) is 0. The molecule has 0 spiro atoms. The van der Waals surface area contributed by atoms with E-state index in [4.69, 9.17) is 21.1 Å². The molecule has 1 aromatic heterocycles. The van der Waals surface area contributed by atoms with Crippen molar-refractivity contribution in [1.29, 1.82) is 0 Å². The van der Waals surface area contributed by atoms with Crippen molar-refractivity contribution in [2.75, 3.05) is 0 Å². The van der Waals surface area contributed by atoms with Crippen LogP contribution in [0.4, 0.5) is 13.2 Å². The molecule has 0 amide bonds. The first-order chi connectivity index (χ1) is 17.2. The predicted molar refractivity (Wildman–Crippen MR) is 127 cm³/mol. The largest absolute Gasteiger partial charge is 0.426 e. The van der Waals surface area contributed by atoms with Gasteiger partial charge >= 0.3 is 18.1 Å². The number of halogens is 4. The normalized spacial score (nSPS) is 11.2. The van der Waals surface area contributed by atoms with Gasteiger partial charge in [0.2, 0.25) is 0 Å². The van der Waals surface area contributed by atoms with Crippen molar-refractivity contribution in [3.8, 4) is 22.8 Å². The predicted octanol–water partition coefficient (Wildman–Crippen LogP) is 6.72. The van der Waals surface area contributed by atoms with Gasteiger partial charge in [-0.3, -0.25) is 14.6 Å². The van der Waals surface area contributed by atoms with Gasteiger partial charge in [-0.1, -0.05) is 66.2 Å². The lowest BCUT2D eigenvalue weighted by Crippen LogP contribution is -2.29. The minimum absolute atomic E-state index is 0.0538. The van der Waals surface area contributed by atoms with E-state index in [-0.39, 0.29) is 27.8 Å². The molecule has 0 aliphatic carbocycles. The summed E-state index contributed by atoms with van der Waals surface area (Å²) in [6.45, 7) is 0. The van der Waals surface area contributed by atoms with Gasteiger partial charge in [0.05, 0.1) is 16.3 Å². The fourth-order valence-corrected chi connectivity index (χ4v) is 3.64. The minimum atomic E-state index is -4.61. The highest BCUT2D eigenvalue weighted by molar-refractivity contribution is 6.33. The van der Waals surface area contributed by atoms with Crippen molar-refractivity contribution in [1.82, 2.24) is 4.98 Å². The molecule has 0 fully saturated rings. The first-order valence-corrected chi connectivity index (χ1v) is 11.0. The molecule has 5 nitrogen and oxygen atoms in total. The zero-order valence-electron chi connectivity index (χ0n) is 18.4. The molecular weight excluding hydrogens is 495 g/mol. The third-order valence-corrected chi connectivity index (χ3v) is 5.34. The highest BCUT2D eigenvalue weighted by atomic mass is 35.5. The highest BCUT2D eigenvalue weighted by Gasteiger charge is 2.34. The Kier molecular flexibility index (Phi) is 7.36. The average Bonchev–Trinajstić information content (AvgIpc) is 2.85. The molecule has 0 radical (unpaired) electrons. The molecule has 182 valence electrons. The van der Waals surface area contributed by atoms with Crippen LogP contribution in [0.25, 0.3) is 11.3 Å². The lowest BCUT2D eigenvalue weighted by Gasteiger charge is -2.17. The number of aromatic nitrogens is 1. The molecule has 4 aromatic rings.